The Morgan fingerprint density at radius 2 is 2.10 bits per heavy atom. The molecule has 0 spiro atoms. The van der Waals surface area contributed by atoms with Crippen LogP contribution in [0.3, 0.4) is 0 Å². The molecule has 21 heavy (non-hydrogen) atoms. The fourth-order valence-corrected chi connectivity index (χ4v) is 2.44. The monoisotopic (exact) mass is 290 g/mol. The lowest BCUT2D eigenvalue weighted by Gasteiger charge is -2.23. The van der Waals surface area contributed by atoms with Crippen LogP contribution in [0.5, 0.6) is 0 Å². The number of rotatable bonds is 5. The van der Waals surface area contributed by atoms with Crippen LogP contribution in [0, 0.1) is 6.92 Å². The molecule has 116 valence electrons. The van der Waals surface area contributed by atoms with Gasteiger partial charge in [-0.1, -0.05) is 0 Å². The highest BCUT2D eigenvalue weighted by atomic mass is 16.3. The normalized spacial score (nSPS) is 11.9. The zero-order valence-electron chi connectivity index (χ0n) is 13.9. The molecule has 0 amide bonds. The van der Waals surface area contributed by atoms with Crippen molar-refractivity contribution in [1.82, 2.24) is 15.1 Å². The third kappa shape index (κ3) is 3.88. The second kappa shape index (κ2) is 5.93. The summed E-state index contributed by atoms with van der Waals surface area (Å²) in [6, 6.07) is 3.91. The second-order valence-corrected chi connectivity index (χ2v) is 6.55. The summed E-state index contributed by atoms with van der Waals surface area (Å²) in [5, 5.41) is 8.11. The van der Waals surface area contributed by atoms with Gasteiger partial charge in [0.25, 0.3) is 0 Å². The van der Waals surface area contributed by atoms with E-state index in [9.17, 15) is 0 Å². The van der Waals surface area contributed by atoms with Crippen molar-refractivity contribution < 1.29 is 4.42 Å². The Morgan fingerprint density at radius 3 is 2.67 bits per heavy atom. The predicted octanol–water partition coefficient (Wildman–Crippen LogP) is 2.85. The molecular formula is C16H26N4O. The molecule has 0 atom stereocenters. The van der Waals surface area contributed by atoms with Gasteiger partial charge in [-0.3, -0.25) is 4.68 Å². The molecule has 0 radical (unpaired) electrons. The van der Waals surface area contributed by atoms with E-state index in [4.69, 9.17) is 4.42 Å². The van der Waals surface area contributed by atoms with Crippen LogP contribution in [0.15, 0.2) is 22.8 Å². The first-order chi connectivity index (χ1) is 9.78. The van der Waals surface area contributed by atoms with Crippen molar-refractivity contribution >= 4 is 5.82 Å². The highest BCUT2D eigenvalue weighted by Gasteiger charge is 2.19. The first kappa shape index (κ1) is 15.6. The molecule has 0 bridgehead atoms. The van der Waals surface area contributed by atoms with Crippen LogP contribution in [0.25, 0.3) is 0 Å². The lowest BCUT2D eigenvalue weighted by Crippen LogP contribution is -2.35. The molecule has 1 N–H and O–H groups in total. The van der Waals surface area contributed by atoms with Crippen LogP contribution < -0.4 is 10.2 Å². The molecule has 0 saturated carbocycles. The van der Waals surface area contributed by atoms with Gasteiger partial charge in [-0.15, -0.1) is 0 Å². The predicted molar refractivity (Wildman–Crippen MR) is 85.4 cm³/mol. The van der Waals surface area contributed by atoms with Crippen LogP contribution in [-0.4, -0.2) is 22.4 Å². The second-order valence-electron chi connectivity index (χ2n) is 6.55. The first-order valence-electron chi connectivity index (χ1n) is 7.29. The molecule has 0 aromatic carbocycles. The fourth-order valence-electron chi connectivity index (χ4n) is 2.44. The quantitative estimate of drug-likeness (QED) is 0.920. The lowest BCUT2D eigenvalue weighted by molar-refractivity contribution is 0.423. The van der Waals surface area contributed by atoms with Gasteiger partial charge in [0.2, 0.25) is 0 Å². The standard InChI is InChI=1S/C16H26N4O/c1-12-14(10-17-16(2,3)4)15(20(6)18-12)19(5)11-13-8-7-9-21-13/h7-9,17H,10-11H2,1-6H3. The topological polar surface area (TPSA) is 46.2 Å². The SMILES string of the molecule is Cc1nn(C)c(N(C)Cc2ccco2)c1CNC(C)(C)C. The summed E-state index contributed by atoms with van der Waals surface area (Å²) < 4.78 is 7.38. The molecular weight excluding hydrogens is 264 g/mol. The summed E-state index contributed by atoms with van der Waals surface area (Å²) in [5.74, 6) is 2.08. The van der Waals surface area contributed by atoms with Crippen molar-refractivity contribution in [2.24, 2.45) is 7.05 Å². The highest BCUT2D eigenvalue weighted by Crippen LogP contribution is 2.24. The zero-order valence-corrected chi connectivity index (χ0v) is 13.9. The van der Waals surface area contributed by atoms with E-state index in [1.165, 1.54) is 5.56 Å². The van der Waals surface area contributed by atoms with Gasteiger partial charge < -0.3 is 14.6 Å². The highest BCUT2D eigenvalue weighted by molar-refractivity contribution is 5.49. The van der Waals surface area contributed by atoms with Crippen LogP contribution in [0.2, 0.25) is 0 Å². The van der Waals surface area contributed by atoms with Crippen LogP contribution in [0.1, 0.15) is 37.8 Å². The molecule has 0 aliphatic rings. The Morgan fingerprint density at radius 1 is 1.38 bits per heavy atom. The van der Waals surface area contributed by atoms with E-state index in [0.717, 1.165) is 30.4 Å². The third-order valence-corrected chi connectivity index (χ3v) is 3.44. The van der Waals surface area contributed by atoms with E-state index in [2.05, 4.69) is 50.1 Å². The maximum absolute atomic E-state index is 5.44. The third-order valence-electron chi connectivity index (χ3n) is 3.44. The number of aryl methyl sites for hydroxylation is 2. The summed E-state index contributed by atoms with van der Waals surface area (Å²) in [5.41, 5.74) is 2.39. The number of hydrogen-bond donors (Lipinski definition) is 1. The van der Waals surface area contributed by atoms with Gasteiger partial charge >= 0.3 is 0 Å². The van der Waals surface area contributed by atoms with Crippen LogP contribution in [0.4, 0.5) is 5.82 Å². The zero-order chi connectivity index (χ0) is 15.6. The number of aromatic nitrogens is 2. The summed E-state index contributed by atoms with van der Waals surface area (Å²) in [6.07, 6.45) is 1.71. The minimum absolute atomic E-state index is 0.0825. The lowest BCUT2D eigenvalue weighted by atomic mass is 10.1. The summed E-state index contributed by atoms with van der Waals surface area (Å²) in [7, 11) is 4.06. The van der Waals surface area contributed by atoms with E-state index in [-0.39, 0.29) is 5.54 Å². The van der Waals surface area contributed by atoms with E-state index in [1.807, 2.05) is 23.9 Å². The van der Waals surface area contributed by atoms with Crippen molar-refractivity contribution in [3.05, 3.63) is 35.4 Å². The molecule has 0 unspecified atom stereocenters. The molecule has 2 rings (SSSR count). The Balaban J connectivity index is 2.21. The smallest absolute Gasteiger partial charge is 0.131 e. The number of anilines is 1. The van der Waals surface area contributed by atoms with Gasteiger partial charge in [0.05, 0.1) is 18.5 Å². The molecule has 0 fully saturated rings. The van der Waals surface area contributed by atoms with E-state index in [0.29, 0.717) is 0 Å². The molecule has 2 aromatic heterocycles. The largest absolute Gasteiger partial charge is 0.467 e. The summed E-state index contributed by atoms with van der Waals surface area (Å²) in [6.45, 7) is 10.1. The summed E-state index contributed by atoms with van der Waals surface area (Å²) in [4.78, 5) is 2.18. The van der Waals surface area contributed by atoms with Gasteiger partial charge in [-0.25, -0.2) is 0 Å². The number of hydrogen-bond acceptors (Lipinski definition) is 4. The number of furan rings is 1. The van der Waals surface area contributed by atoms with E-state index < -0.39 is 0 Å². The Hall–Kier alpha value is -1.75. The van der Waals surface area contributed by atoms with Crippen molar-refractivity contribution in [2.75, 3.05) is 11.9 Å². The van der Waals surface area contributed by atoms with Crippen molar-refractivity contribution in [1.29, 1.82) is 0 Å². The van der Waals surface area contributed by atoms with Gasteiger partial charge in [0, 0.05) is 31.7 Å². The van der Waals surface area contributed by atoms with Crippen molar-refractivity contribution in [3.63, 3.8) is 0 Å². The Bertz CT molecular complexity index is 578. The Labute approximate surface area is 126 Å². The van der Waals surface area contributed by atoms with E-state index >= 15 is 0 Å². The molecule has 0 aliphatic heterocycles. The summed E-state index contributed by atoms with van der Waals surface area (Å²) >= 11 is 0. The van der Waals surface area contributed by atoms with Crippen LogP contribution in [-0.2, 0) is 20.1 Å². The Kier molecular flexibility index (Phi) is 4.42. The van der Waals surface area contributed by atoms with Crippen LogP contribution >= 0.6 is 0 Å². The number of nitrogens with zero attached hydrogens (tertiary/aromatic N) is 3. The first-order valence-corrected chi connectivity index (χ1v) is 7.29. The van der Waals surface area contributed by atoms with E-state index in [1.54, 1.807) is 6.26 Å². The average Bonchev–Trinajstić information content (AvgIpc) is 2.93. The van der Waals surface area contributed by atoms with Gasteiger partial charge in [0.15, 0.2) is 0 Å². The molecule has 0 saturated heterocycles. The average molecular weight is 290 g/mol. The molecule has 2 aromatic rings. The molecule has 5 heteroatoms. The maximum Gasteiger partial charge on any atom is 0.131 e. The minimum Gasteiger partial charge on any atom is -0.467 e. The van der Waals surface area contributed by atoms with Gasteiger partial charge in [0.1, 0.15) is 11.6 Å². The van der Waals surface area contributed by atoms with Crippen molar-refractivity contribution in [3.8, 4) is 0 Å². The van der Waals surface area contributed by atoms with Gasteiger partial charge in [-0.2, -0.15) is 5.10 Å². The van der Waals surface area contributed by atoms with Gasteiger partial charge in [-0.05, 0) is 39.8 Å². The van der Waals surface area contributed by atoms with Crippen molar-refractivity contribution in [2.45, 2.75) is 46.3 Å². The minimum atomic E-state index is 0.0825. The fraction of sp³-hybridized carbons (Fsp3) is 0.562. The molecule has 5 nitrogen and oxygen atoms in total. The maximum atomic E-state index is 5.44. The molecule has 2 heterocycles. The number of nitrogens with one attached hydrogen (secondary N) is 1. The molecule has 0 aliphatic carbocycles.